The molecule has 1 aliphatic carbocycles. The topological polar surface area (TPSA) is 61.8 Å². The van der Waals surface area contributed by atoms with Crippen LogP contribution >= 0.6 is 0 Å². The van der Waals surface area contributed by atoms with Gasteiger partial charge in [-0.15, -0.1) is 0 Å². The van der Waals surface area contributed by atoms with Crippen molar-refractivity contribution in [1.29, 1.82) is 0 Å². The summed E-state index contributed by atoms with van der Waals surface area (Å²) in [7, 11) is -3.73. The van der Waals surface area contributed by atoms with E-state index in [-0.39, 0.29) is 35.2 Å². The van der Waals surface area contributed by atoms with Crippen LogP contribution in [0.15, 0.2) is 29.2 Å². The second-order valence-corrected chi connectivity index (χ2v) is 8.70. The van der Waals surface area contributed by atoms with Crippen molar-refractivity contribution in [3.8, 4) is 0 Å². The van der Waals surface area contributed by atoms with Gasteiger partial charge < -0.3 is 9.47 Å². The van der Waals surface area contributed by atoms with E-state index < -0.39 is 10.1 Å². The average molecular weight is 356 g/mol. The first-order chi connectivity index (χ1) is 11.2. The van der Waals surface area contributed by atoms with Gasteiger partial charge in [-0.05, 0) is 44.7 Å². The van der Waals surface area contributed by atoms with Crippen molar-refractivity contribution in [2.75, 3.05) is 13.2 Å². The number of aryl methyl sites for hydroxylation is 1. The molecular formula is C18H28O5S. The molecule has 136 valence electrons. The summed E-state index contributed by atoms with van der Waals surface area (Å²) in [6, 6.07) is 6.66. The molecule has 0 heterocycles. The van der Waals surface area contributed by atoms with Crippen LogP contribution in [0.5, 0.6) is 0 Å². The molecule has 0 N–H and O–H groups in total. The second-order valence-electron chi connectivity index (χ2n) is 7.08. The SMILES string of the molecule is CCOC(C)O[C@H]1[C@H](COS(=O)(=O)c2ccc(C)cc2)CC1(C)C. The Kier molecular flexibility index (Phi) is 6.07. The Labute approximate surface area is 145 Å². The maximum atomic E-state index is 12.3. The molecule has 0 amide bonds. The Morgan fingerprint density at radius 2 is 1.88 bits per heavy atom. The van der Waals surface area contributed by atoms with Gasteiger partial charge in [-0.25, -0.2) is 0 Å². The molecule has 1 aromatic rings. The minimum atomic E-state index is -3.73. The largest absolute Gasteiger partial charge is 0.353 e. The highest BCUT2D eigenvalue weighted by Crippen LogP contribution is 2.48. The highest BCUT2D eigenvalue weighted by molar-refractivity contribution is 7.86. The molecule has 0 aliphatic heterocycles. The highest BCUT2D eigenvalue weighted by atomic mass is 32.2. The predicted molar refractivity (Wildman–Crippen MR) is 92.2 cm³/mol. The zero-order valence-corrected chi connectivity index (χ0v) is 15.9. The normalized spacial score (nSPS) is 24.4. The summed E-state index contributed by atoms with van der Waals surface area (Å²) >= 11 is 0. The summed E-state index contributed by atoms with van der Waals surface area (Å²) in [6.07, 6.45) is 0.475. The van der Waals surface area contributed by atoms with Gasteiger partial charge in [0.2, 0.25) is 0 Å². The van der Waals surface area contributed by atoms with Crippen LogP contribution in [0, 0.1) is 18.3 Å². The van der Waals surface area contributed by atoms with E-state index in [1.165, 1.54) is 0 Å². The summed E-state index contributed by atoms with van der Waals surface area (Å²) < 4.78 is 41.2. The van der Waals surface area contributed by atoms with Gasteiger partial charge in [-0.2, -0.15) is 8.42 Å². The van der Waals surface area contributed by atoms with Crippen LogP contribution in [0.1, 0.15) is 39.7 Å². The Morgan fingerprint density at radius 3 is 2.42 bits per heavy atom. The molecule has 1 aliphatic rings. The molecule has 0 radical (unpaired) electrons. The zero-order chi connectivity index (χ0) is 18.0. The monoisotopic (exact) mass is 356 g/mol. The molecule has 1 fully saturated rings. The molecule has 24 heavy (non-hydrogen) atoms. The van der Waals surface area contributed by atoms with Gasteiger partial charge in [0.1, 0.15) is 0 Å². The summed E-state index contributed by atoms with van der Waals surface area (Å²) in [5.74, 6) is 0.0446. The lowest BCUT2D eigenvalue weighted by atomic mass is 9.62. The molecule has 0 spiro atoms. The molecule has 0 aromatic heterocycles. The highest BCUT2D eigenvalue weighted by Gasteiger charge is 2.49. The number of ether oxygens (including phenoxy) is 2. The molecule has 1 aromatic carbocycles. The Morgan fingerprint density at radius 1 is 1.25 bits per heavy atom. The third-order valence-electron chi connectivity index (χ3n) is 4.47. The van der Waals surface area contributed by atoms with Crippen molar-refractivity contribution in [1.82, 2.24) is 0 Å². The Bertz CT molecular complexity index is 636. The van der Waals surface area contributed by atoms with Gasteiger partial charge in [-0.1, -0.05) is 31.5 Å². The molecule has 6 heteroatoms. The number of benzene rings is 1. The van der Waals surface area contributed by atoms with Crippen LogP contribution in [-0.2, 0) is 23.8 Å². The second kappa shape index (κ2) is 7.52. The fourth-order valence-electron chi connectivity index (χ4n) is 3.25. The van der Waals surface area contributed by atoms with Crippen molar-refractivity contribution in [2.24, 2.45) is 11.3 Å². The van der Waals surface area contributed by atoms with E-state index in [9.17, 15) is 8.42 Å². The average Bonchev–Trinajstić information content (AvgIpc) is 2.50. The van der Waals surface area contributed by atoms with E-state index in [0.29, 0.717) is 6.61 Å². The molecular weight excluding hydrogens is 328 g/mol. The van der Waals surface area contributed by atoms with Gasteiger partial charge in [0, 0.05) is 12.5 Å². The molecule has 3 atom stereocenters. The van der Waals surface area contributed by atoms with Crippen LogP contribution in [0.3, 0.4) is 0 Å². The van der Waals surface area contributed by atoms with Gasteiger partial charge in [0.25, 0.3) is 10.1 Å². The van der Waals surface area contributed by atoms with Gasteiger partial charge in [0.05, 0.1) is 17.6 Å². The van der Waals surface area contributed by atoms with Crippen LogP contribution < -0.4 is 0 Å². The molecule has 2 rings (SSSR count). The lowest BCUT2D eigenvalue weighted by Gasteiger charge is -2.51. The predicted octanol–water partition coefficient (Wildman–Crippen LogP) is 3.51. The quantitative estimate of drug-likeness (QED) is 0.527. The maximum absolute atomic E-state index is 12.3. The first-order valence-corrected chi connectivity index (χ1v) is 9.79. The third kappa shape index (κ3) is 4.57. The smallest absolute Gasteiger partial charge is 0.296 e. The van der Waals surface area contributed by atoms with Crippen molar-refractivity contribution in [2.45, 2.75) is 58.3 Å². The van der Waals surface area contributed by atoms with Crippen molar-refractivity contribution >= 4 is 10.1 Å². The molecule has 1 unspecified atom stereocenters. The molecule has 0 bridgehead atoms. The standard InChI is InChI=1S/C18H28O5S/c1-6-21-14(3)23-17-15(11-18(17,4)5)12-22-24(19,20)16-9-7-13(2)8-10-16/h7-10,14-15,17H,6,11-12H2,1-5H3/t14?,15-,17-/m0/s1. The summed E-state index contributed by atoms with van der Waals surface area (Å²) in [5, 5.41) is 0. The molecule has 5 nitrogen and oxygen atoms in total. The van der Waals surface area contributed by atoms with Crippen LogP contribution in [0.25, 0.3) is 0 Å². The zero-order valence-electron chi connectivity index (χ0n) is 15.1. The van der Waals surface area contributed by atoms with Crippen molar-refractivity contribution in [3.05, 3.63) is 29.8 Å². The fraction of sp³-hybridized carbons (Fsp3) is 0.667. The van der Waals surface area contributed by atoms with Gasteiger partial charge in [0.15, 0.2) is 6.29 Å². The van der Waals surface area contributed by atoms with E-state index in [4.69, 9.17) is 13.7 Å². The third-order valence-corrected chi connectivity index (χ3v) is 5.77. The van der Waals surface area contributed by atoms with E-state index in [1.807, 2.05) is 20.8 Å². The van der Waals surface area contributed by atoms with Crippen molar-refractivity contribution in [3.63, 3.8) is 0 Å². The summed E-state index contributed by atoms with van der Waals surface area (Å²) in [6.45, 7) is 10.6. The number of hydrogen-bond donors (Lipinski definition) is 0. The van der Waals surface area contributed by atoms with Gasteiger partial charge >= 0.3 is 0 Å². The van der Waals surface area contributed by atoms with E-state index >= 15 is 0 Å². The maximum Gasteiger partial charge on any atom is 0.296 e. The lowest BCUT2D eigenvalue weighted by Crippen LogP contribution is -2.53. The summed E-state index contributed by atoms with van der Waals surface area (Å²) in [4.78, 5) is 0.187. The first-order valence-electron chi connectivity index (χ1n) is 8.39. The van der Waals surface area contributed by atoms with Crippen molar-refractivity contribution < 1.29 is 22.1 Å². The Hall–Kier alpha value is -0.950. The van der Waals surface area contributed by atoms with Crippen LogP contribution in [0.4, 0.5) is 0 Å². The summed E-state index contributed by atoms with van der Waals surface area (Å²) in [5.41, 5.74) is 1.00. The van der Waals surface area contributed by atoms with Gasteiger partial charge in [-0.3, -0.25) is 4.18 Å². The number of hydrogen-bond acceptors (Lipinski definition) is 5. The molecule has 0 saturated heterocycles. The van der Waals surface area contributed by atoms with Crippen LogP contribution in [0.2, 0.25) is 0 Å². The first kappa shape index (κ1) is 19.4. The Balaban J connectivity index is 1.96. The lowest BCUT2D eigenvalue weighted by molar-refractivity contribution is -0.238. The minimum absolute atomic E-state index is 0.00694. The van der Waals surface area contributed by atoms with E-state index in [1.54, 1.807) is 24.3 Å². The minimum Gasteiger partial charge on any atom is -0.353 e. The number of rotatable bonds is 8. The van der Waals surface area contributed by atoms with E-state index in [0.717, 1.165) is 12.0 Å². The fourth-order valence-corrected chi connectivity index (χ4v) is 4.21. The van der Waals surface area contributed by atoms with Crippen LogP contribution in [-0.4, -0.2) is 34.0 Å². The van der Waals surface area contributed by atoms with E-state index in [2.05, 4.69) is 13.8 Å². The molecule has 1 saturated carbocycles.